The molecule has 2 aliphatic carbocycles. The minimum absolute atomic E-state index is 0.135. The molecule has 2 unspecified atom stereocenters. The van der Waals surface area contributed by atoms with Crippen LogP contribution in [0.5, 0.6) is 0 Å². The Hall–Kier alpha value is -1.57. The van der Waals surface area contributed by atoms with E-state index in [1.165, 1.54) is 11.1 Å². The number of benzene rings is 1. The van der Waals surface area contributed by atoms with Crippen LogP contribution in [-0.2, 0) is 16.0 Å². The largest absolute Gasteiger partial charge is 0.430 e. The number of rotatable bonds is 1. The predicted octanol–water partition coefficient (Wildman–Crippen LogP) is 3.81. The number of carbonyl (C=O) groups excluding carboxylic acids is 1. The Morgan fingerprint density at radius 2 is 2.00 bits per heavy atom. The summed E-state index contributed by atoms with van der Waals surface area (Å²) in [6, 6.07) is 8.40. The molecule has 1 aromatic carbocycles. The number of hydrogen-bond acceptors (Lipinski definition) is 2. The lowest BCUT2D eigenvalue weighted by Gasteiger charge is -2.18. The molecule has 1 saturated carbocycles. The van der Waals surface area contributed by atoms with Crippen LogP contribution in [0, 0.1) is 17.3 Å². The summed E-state index contributed by atoms with van der Waals surface area (Å²) in [5, 5.41) is 0. The van der Waals surface area contributed by atoms with Crippen LogP contribution in [0.2, 0.25) is 0 Å². The number of carbonyl (C=O) groups is 1. The molecule has 2 heteroatoms. The van der Waals surface area contributed by atoms with Crippen molar-refractivity contribution < 1.29 is 9.53 Å². The topological polar surface area (TPSA) is 26.3 Å². The average Bonchev–Trinajstić information content (AvgIpc) is 3.08. The number of fused-ring (bicyclic) bond motifs is 2. The van der Waals surface area contributed by atoms with E-state index in [-0.39, 0.29) is 5.97 Å². The fourth-order valence-corrected chi connectivity index (χ4v) is 2.59. The SMILES string of the molecule is CC(C)(C)C(=O)OC1=Cc2ccccc2CC2CC12. The molecular formula is C17H20O2. The molecule has 0 spiro atoms. The molecule has 2 nitrogen and oxygen atoms in total. The second kappa shape index (κ2) is 4.22. The van der Waals surface area contributed by atoms with Crippen LogP contribution in [0.1, 0.15) is 38.3 Å². The van der Waals surface area contributed by atoms with Gasteiger partial charge in [0.2, 0.25) is 0 Å². The van der Waals surface area contributed by atoms with Gasteiger partial charge in [0.25, 0.3) is 0 Å². The average molecular weight is 256 g/mol. The minimum atomic E-state index is -0.447. The predicted molar refractivity (Wildman–Crippen MR) is 75.3 cm³/mol. The summed E-state index contributed by atoms with van der Waals surface area (Å²) >= 11 is 0. The summed E-state index contributed by atoms with van der Waals surface area (Å²) in [5.74, 6) is 1.83. The van der Waals surface area contributed by atoms with Crippen molar-refractivity contribution in [3.63, 3.8) is 0 Å². The first-order valence-corrected chi connectivity index (χ1v) is 6.97. The molecule has 0 saturated heterocycles. The molecule has 100 valence electrons. The maximum absolute atomic E-state index is 12.1. The van der Waals surface area contributed by atoms with Crippen molar-refractivity contribution in [3.8, 4) is 0 Å². The van der Waals surface area contributed by atoms with E-state index in [1.807, 2.05) is 26.8 Å². The maximum atomic E-state index is 12.1. The van der Waals surface area contributed by atoms with Crippen LogP contribution in [0.3, 0.4) is 0 Å². The number of esters is 1. The molecule has 0 radical (unpaired) electrons. The Bertz CT molecular complexity index is 549. The Morgan fingerprint density at radius 3 is 2.74 bits per heavy atom. The molecule has 2 atom stereocenters. The standard InChI is InChI=1S/C17H20O2/c1-17(2,3)16(18)19-15-10-12-7-5-4-6-11(12)8-13-9-14(13)15/h4-7,10,13-14H,8-9H2,1-3H3. The first-order chi connectivity index (χ1) is 8.95. The molecule has 0 amide bonds. The van der Waals surface area contributed by atoms with Crippen molar-refractivity contribution in [3.05, 3.63) is 41.2 Å². The highest BCUT2D eigenvalue weighted by molar-refractivity contribution is 5.77. The third-order valence-electron chi connectivity index (χ3n) is 3.95. The maximum Gasteiger partial charge on any atom is 0.316 e. The third kappa shape index (κ3) is 2.44. The van der Waals surface area contributed by atoms with Crippen LogP contribution in [0.15, 0.2) is 30.0 Å². The van der Waals surface area contributed by atoms with Crippen molar-refractivity contribution in [1.29, 1.82) is 0 Å². The van der Waals surface area contributed by atoms with E-state index in [4.69, 9.17) is 4.74 Å². The van der Waals surface area contributed by atoms with E-state index >= 15 is 0 Å². The van der Waals surface area contributed by atoms with Crippen LogP contribution >= 0.6 is 0 Å². The van der Waals surface area contributed by atoms with Gasteiger partial charge in [0.15, 0.2) is 0 Å². The van der Waals surface area contributed by atoms with Gasteiger partial charge in [-0.2, -0.15) is 0 Å². The third-order valence-corrected chi connectivity index (χ3v) is 3.95. The van der Waals surface area contributed by atoms with Gasteiger partial charge < -0.3 is 4.74 Å². The Balaban J connectivity index is 1.89. The van der Waals surface area contributed by atoms with Gasteiger partial charge in [-0.1, -0.05) is 24.3 Å². The molecule has 3 rings (SSSR count). The van der Waals surface area contributed by atoms with Crippen molar-refractivity contribution >= 4 is 12.0 Å². The Labute approximate surface area is 114 Å². The second-order valence-corrected chi connectivity index (χ2v) is 6.69. The van der Waals surface area contributed by atoms with E-state index in [1.54, 1.807) is 0 Å². The molecular weight excluding hydrogens is 236 g/mol. The van der Waals surface area contributed by atoms with E-state index in [0.717, 1.165) is 18.6 Å². The van der Waals surface area contributed by atoms with E-state index < -0.39 is 5.41 Å². The van der Waals surface area contributed by atoms with Gasteiger partial charge >= 0.3 is 5.97 Å². The lowest BCUT2D eigenvalue weighted by molar-refractivity contribution is -0.148. The molecule has 19 heavy (non-hydrogen) atoms. The molecule has 0 N–H and O–H groups in total. The summed E-state index contributed by atoms with van der Waals surface area (Å²) in [6.45, 7) is 5.68. The minimum Gasteiger partial charge on any atom is -0.430 e. The smallest absolute Gasteiger partial charge is 0.316 e. The van der Waals surface area contributed by atoms with Gasteiger partial charge in [-0.25, -0.2) is 0 Å². The lowest BCUT2D eigenvalue weighted by atomic mass is 9.97. The Morgan fingerprint density at radius 1 is 1.26 bits per heavy atom. The summed E-state index contributed by atoms with van der Waals surface area (Å²) < 4.78 is 5.67. The zero-order chi connectivity index (χ0) is 13.6. The van der Waals surface area contributed by atoms with Gasteiger partial charge in [0.05, 0.1) is 5.41 Å². The van der Waals surface area contributed by atoms with Crippen LogP contribution in [0.4, 0.5) is 0 Å². The van der Waals surface area contributed by atoms with Crippen molar-refractivity contribution in [2.45, 2.75) is 33.6 Å². The zero-order valence-electron chi connectivity index (χ0n) is 11.8. The molecule has 0 heterocycles. The molecule has 0 aliphatic heterocycles. The van der Waals surface area contributed by atoms with E-state index in [2.05, 4.69) is 24.3 Å². The first kappa shape index (κ1) is 12.5. The van der Waals surface area contributed by atoms with Crippen LogP contribution in [-0.4, -0.2) is 5.97 Å². The highest BCUT2D eigenvalue weighted by Gasteiger charge is 2.44. The fraction of sp³-hybridized carbons (Fsp3) is 0.471. The second-order valence-electron chi connectivity index (χ2n) is 6.69. The highest BCUT2D eigenvalue weighted by atomic mass is 16.5. The normalized spacial score (nSPS) is 24.7. The van der Waals surface area contributed by atoms with Gasteiger partial charge in [0, 0.05) is 5.92 Å². The van der Waals surface area contributed by atoms with Crippen LogP contribution < -0.4 is 0 Å². The summed E-state index contributed by atoms with van der Waals surface area (Å²) in [6.07, 6.45) is 4.32. The summed E-state index contributed by atoms with van der Waals surface area (Å²) in [5.41, 5.74) is 2.13. The molecule has 1 aromatic rings. The van der Waals surface area contributed by atoms with Crippen molar-refractivity contribution in [2.75, 3.05) is 0 Å². The lowest BCUT2D eigenvalue weighted by Crippen LogP contribution is -2.23. The number of allylic oxidation sites excluding steroid dienone is 1. The fourth-order valence-electron chi connectivity index (χ4n) is 2.59. The van der Waals surface area contributed by atoms with Crippen molar-refractivity contribution in [2.24, 2.45) is 17.3 Å². The molecule has 1 fully saturated rings. The first-order valence-electron chi connectivity index (χ1n) is 6.97. The van der Waals surface area contributed by atoms with Gasteiger partial charge in [-0.05, 0) is 56.7 Å². The molecule has 0 aromatic heterocycles. The van der Waals surface area contributed by atoms with Crippen molar-refractivity contribution in [1.82, 2.24) is 0 Å². The van der Waals surface area contributed by atoms with Gasteiger partial charge in [0.1, 0.15) is 5.76 Å². The van der Waals surface area contributed by atoms with E-state index in [9.17, 15) is 4.79 Å². The van der Waals surface area contributed by atoms with E-state index in [0.29, 0.717) is 11.8 Å². The van der Waals surface area contributed by atoms with Gasteiger partial charge in [-0.15, -0.1) is 0 Å². The monoisotopic (exact) mass is 256 g/mol. The molecule has 2 aliphatic rings. The highest BCUT2D eigenvalue weighted by Crippen LogP contribution is 2.49. The Kier molecular flexibility index (Phi) is 2.77. The molecule has 0 bridgehead atoms. The number of hydrogen-bond donors (Lipinski definition) is 0. The van der Waals surface area contributed by atoms with Gasteiger partial charge in [-0.3, -0.25) is 4.79 Å². The summed E-state index contributed by atoms with van der Waals surface area (Å²) in [4.78, 5) is 12.1. The summed E-state index contributed by atoms with van der Waals surface area (Å²) in [7, 11) is 0. The number of ether oxygens (including phenoxy) is 1. The zero-order valence-corrected chi connectivity index (χ0v) is 11.8. The van der Waals surface area contributed by atoms with Crippen LogP contribution in [0.25, 0.3) is 6.08 Å². The quantitative estimate of drug-likeness (QED) is 0.714.